The third-order valence-corrected chi connectivity index (χ3v) is 3.87. The second-order valence-electron chi connectivity index (χ2n) is 5.31. The van der Waals surface area contributed by atoms with Crippen molar-refractivity contribution >= 4 is 16.7 Å². The number of nitrogens with one attached hydrogen (secondary N) is 1. The van der Waals surface area contributed by atoms with Crippen molar-refractivity contribution in [2.24, 2.45) is 0 Å². The van der Waals surface area contributed by atoms with Crippen LogP contribution in [0.5, 0.6) is 0 Å². The average molecular weight is 276 g/mol. The maximum atomic E-state index is 4.83. The molecule has 2 heterocycles. The third-order valence-electron chi connectivity index (χ3n) is 3.87. The summed E-state index contributed by atoms with van der Waals surface area (Å²) < 4.78 is 0. The molecule has 0 atom stereocenters. The summed E-state index contributed by atoms with van der Waals surface area (Å²) in [6.07, 6.45) is 0. The third kappa shape index (κ3) is 2.04. The maximum Gasteiger partial charge on any atom is 0.162 e. The van der Waals surface area contributed by atoms with E-state index in [1.165, 1.54) is 5.56 Å². The minimum Gasteiger partial charge on any atom is -0.330 e. The highest BCUT2D eigenvalue weighted by molar-refractivity contribution is 5.91. The molecule has 21 heavy (non-hydrogen) atoms. The number of para-hydroxylation sites is 1. The van der Waals surface area contributed by atoms with Gasteiger partial charge in [0.2, 0.25) is 0 Å². The normalized spacial score (nSPS) is 14.2. The highest BCUT2D eigenvalue weighted by atomic mass is 15.4. The van der Waals surface area contributed by atoms with Crippen LogP contribution in [0.4, 0.5) is 5.82 Å². The van der Waals surface area contributed by atoms with Crippen molar-refractivity contribution in [3.05, 3.63) is 54.1 Å². The summed E-state index contributed by atoms with van der Waals surface area (Å²) in [7, 11) is 0. The van der Waals surface area contributed by atoms with Crippen LogP contribution in [0, 0.1) is 6.92 Å². The van der Waals surface area contributed by atoms with Gasteiger partial charge in [-0.05, 0) is 24.6 Å². The van der Waals surface area contributed by atoms with Gasteiger partial charge in [-0.1, -0.05) is 36.4 Å². The molecule has 1 aromatic heterocycles. The second-order valence-corrected chi connectivity index (χ2v) is 5.31. The Bertz CT molecular complexity index is 809. The van der Waals surface area contributed by atoms with Gasteiger partial charge in [0, 0.05) is 10.9 Å². The molecular formula is C17H16N4. The van der Waals surface area contributed by atoms with Crippen LogP contribution in [0.25, 0.3) is 22.3 Å². The van der Waals surface area contributed by atoms with Crippen LogP contribution < -0.4 is 10.2 Å². The van der Waals surface area contributed by atoms with Gasteiger partial charge in [-0.2, -0.15) is 0 Å². The van der Waals surface area contributed by atoms with Crippen LogP contribution in [-0.2, 0) is 0 Å². The Labute approximate surface area is 123 Å². The maximum absolute atomic E-state index is 4.83. The number of rotatable bonds is 2. The largest absolute Gasteiger partial charge is 0.330 e. The van der Waals surface area contributed by atoms with E-state index in [4.69, 9.17) is 9.97 Å². The number of aromatic nitrogens is 2. The summed E-state index contributed by atoms with van der Waals surface area (Å²) in [5.74, 6) is 1.81. The average Bonchev–Trinajstić information content (AvgIpc) is 2.46. The van der Waals surface area contributed by atoms with Crippen molar-refractivity contribution in [2.75, 3.05) is 18.2 Å². The van der Waals surface area contributed by atoms with E-state index in [0.29, 0.717) is 0 Å². The molecular weight excluding hydrogens is 260 g/mol. The van der Waals surface area contributed by atoms with Crippen molar-refractivity contribution in [3.63, 3.8) is 0 Å². The molecule has 1 aliphatic rings. The van der Waals surface area contributed by atoms with Crippen LogP contribution in [0.15, 0.2) is 48.5 Å². The fourth-order valence-electron chi connectivity index (χ4n) is 2.62. The zero-order chi connectivity index (χ0) is 14.2. The standard InChI is InChI=1S/C17H16N4/c1-12-6-2-3-7-13(12)16-19-15-9-5-4-8-14(15)17(20-16)21-10-18-11-21/h2-9,18H,10-11H2,1H3. The molecule has 1 fully saturated rings. The fourth-order valence-corrected chi connectivity index (χ4v) is 2.62. The number of hydrogen-bond acceptors (Lipinski definition) is 4. The van der Waals surface area contributed by atoms with Crippen LogP contribution in [-0.4, -0.2) is 23.3 Å². The molecule has 4 rings (SSSR count). The van der Waals surface area contributed by atoms with Gasteiger partial charge < -0.3 is 4.90 Å². The van der Waals surface area contributed by atoms with E-state index < -0.39 is 0 Å². The molecule has 0 amide bonds. The summed E-state index contributed by atoms with van der Waals surface area (Å²) in [5, 5.41) is 4.37. The van der Waals surface area contributed by atoms with Crippen molar-refractivity contribution in [2.45, 2.75) is 6.92 Å². The minimum absolute atomic E-state index is 0.800. The molecule has 4 heteroatoms. The molecule has 1 saturated heterocycles. The van der Waals surface area contributed by atoms with Gasteiger partial charge in [0.15, 0.2) is 5.82 Å². The lowest BCUT2D eigenvalue weighted by Gasteiger charge is -2.34. The van der Waals surface area contributed by atoms with Gasteiger partial charge >= 0.3 is 0 Å². The summed E-state index contributed by atoms with van der Waals surface area (Å²) in [5.41, 5.74) is 3.28. The van der Waals surface area contributed by atoms with E-state index >= 15 is 0 Å². The van der Waals surface area contributed by atoms with Crippen molar-refractivity contribution in [3.8, 4) is 11.4 Å². The molecule has 1 aliphatic heterocycles. The SMILES string of the molecule is Cc1ccccc1-c1nc(N2CNC2)c2ccccc2n1. The molecule has 0 unspecified atom stereocenters. The van der Waals surface area contributed by atoms with Gasteiger partial charge in [-0.15, -0.1) is 0 Å². The predicted octanol–water partition coefficient (Wildman–Crippen LogP) is 2.93. The Morgan fingerprint density at radius 1 is 0.952 bits per heavy atom. The van der Waals surface area contributed by atoms with Crippen molar-refractivity contribution in [1.82, 2.24) is 15.3 Å². The minimum atomic E-state index is 0.800. The quantitative estimate of drug-likeness (QED) is 0.781. The van der Waals surface area contributed by atoms with E-state index in [1.54, 1.807) is 0 Å². The Kier molecular flexibility index (Phi) is 2.82. The number of hydrogen-bond donors (Lipinski definition) is 1. The smallest absolute Gasteiger partial charge is 0.162 e. The molecule has 4 nitrogen and oxygen atoms in total. The monoisotopic (exact) mass is 276 g/mol. The lowest BCUT2D eigenvalue weighted by molar-refractivity contribution is 0.520. The summed E-state index contributed by atoms with van der Waals surface area (Å²) in [4.78, 5) is 11.8. The van der Waals surface area contributed by atoms with Crippen molar-refractivity contribution in [1.29, 1.82) is 0 Å². The molecule has 0 radical (unpaired) electrons. The van der Waals surface area contributed by atoms with E-state index in [0.717, 1.165) is 41.4 Å². The number of fused-ring (bicyclic) bond motifs is 1. The van der Waals surface area contributed by atoms with E-state index in [-0.39, 0.29) is 0 Å². The van der Waals surface area contributed by atoms with Crippen LogP contribution in [0.2, 0.25) is 0 Å². The van der Waals surface area contributed by atoms with Gasteiger partial charge in [-0.25, -0.2) is 9.97 Å². The first-order valence-corrected chi connectivity index (χ1v) is 7.11. The number of anilines is 1. The lowest BCUT2D eigenvalue weighted by atomic mass is 10.1. The number of benzene rings is 2. The first-order chi connectivity index (χ1) is 10.3. The van der Waals surface area contributed by atoms with Gasteiger partial charge in [0.1, 0.15) is 5.82 Å². The zero-order valence-corrected chi connectivity index (χ0v) is 11.9. The fraction of sp³-hybridized carbons (Fsp3) is 0.176. The van der Waals surface area contributed by atoms with Crippen molar-refractivity contribution < 1.29 is 0 Å². The van der Waals surface area contributed by atoms with Gasteiger partial charge in [0.25, 0.3) is 0 Å². The van der Waals surface area contributed by atoms with Gasteiger partial charge in [0.05, 0.1) is 18.9 Å². The molecule has 1 N–H and O–H groups in total. The summed E-state index contributed by atoms with van der Waals surface area (Å²) in [6, 6.07) is 16.5. The van der Waals surface area contributed by atoms with E-state index in [2.05, 4.69) is 41.4 Å². The Morgan fingerprint density at radius 3 is 2.48 bits per heavy atom. The number of nitrogens with zero attached hydrogens (tertiary/aromatic N) is 3. The van der Waals surface area contributed by atoms with E-state index in [9.17, 15) is 0 Å². The van der Waals surface area contributed by atoms with E-state index in [1.807, 2.05) is 24.3 Å². The van der Waals surface area contributed by atoms with Gasteiger partial charge in [-0.3, -0.25) is 5.32 Å². The second kappa shape index (κ2) is 4.82. The Balaban J connectivity index is 1.96. The van der Waals surface area contributed by atoms with Crippen LogP contribution >= 0.6 is 0 Å². The highest BCUT2D eigenvalue weighted by Gasteiger charge is 2.19. The summed E-state index contributed by atoms with van der Waals surface area (Å²) in [6.45, 7) is 3.78. The zero-order valence-electron chi connectivity index (χ0n) is 11.9. The Hall–Kier alpha value is -2.46. The van der Waals surface area contributed by atoms with Crippen LogP contribution in [0.3, 0.4) is 0 Å². The molecule has 0 saturated carbocycles. The number of aryl methyl sites for hydroxylation is 1. The predicted molar refractivity (Wildman–Crippen MR) is 85.1 cm³/mol. The first-order valence-electron chi connectivity index (χ1n) is 7.11. The topological polar surface area (TPSA) is 41.1 Å². The highest BCUT2D eigenvalue weighted by Crippen LogP contribution is 2.29. The first kappa shape index (κ1) is 12.3. The molecule has 0 aliphatic carbocycles. The Morgan fingerprint density at radius 2 is 1.71 bits per heavy atom. The molecule has 0 spiro atoms. The lowest BCUT2D eigenvalue weighted by Crippen LogP contribution is -2.52. The van der Waals surface area contributed by atoms with Crippen LogP contribution in [0.1, 0.15) is 5.56 Å². The molecule has 2 aromatic carbocycles. The summed E-state index contributed by atoms with van der Waals surface area (Å²) >= 11 is 0. The molecule has 104 valence electrons. The molecule has 3 aromatic rings. The molecule has 0 bridgehead atoms.